The molecule has 1 N–H and O–H groups in total. The first-order valence-corrected chi connectivity index (χ1v) is 5.87. The van der Waals surface area contributed by atoms with Crippen LogP contribution in [0.5, 0.6) is 0 Å². The van der Waals surface area contributed by atoms with Crippen LogP contribution in [-0.4, -0.2) is 42.8 Å². The number of hydrogen-bond donors (Lipinski definition) is 1. The third kappa shape index (κ3) is 3.94. The quantitative estimate of drug-likeness (QED) is 0.811. The average molecular weight is 238 g/mol. The van der Waals surface area contributed by atoms with E-state index in [1.54, 1.807) is 4.90 Å². The van der Waals surface area contributed by atoms with Crippen LogP contribution in [0.25, 0.3) is 0 Å². The Balaban J connectivity index is 2.64. The van der Waals surface area contributed by atoms with Crippen molar-refractivity contribution in [2.75, 3.05) is 19.6 Å². The van der Waals surface area contributed by atoms with Crippen LogP contribution in [0.2, 0.25) is 0 Å². The smallest absolute Gasteiger partial charge is 0.311 e. The van der Waals surface area contributed by atoms with Gasteiger partial charge in [0.1, 0.15) is 0 Å². The lowest BCUT2D eigenvalue weighted by Crippen LogP contribution is -2.59. The Hall–Kier alpha value is -0.290. The van der Waals surface area contributed by atoms with E-state index < -0.39 is 12.7 Å². The summed E-state index contributed by atoms with van der Waals surface area (Å²) in [4.78, 5) is 1.58. The zero-order valence-electron chi connectivity index (χ0n) is 10.1. The summed E-state index contributed by atoms with van der Waals surface area (Å²) < 4.78 is 37.3. The summed E-state index contributed by atoms with van der Waals surface area (Å²) in [5, 5.41) is 3.31. The van der Waals surface area contributed by atoms with Crippen molar-refractivity contribution in [3.63, 3.8) is 0 Å². The molecule has 1 rings (SSSR count). The molecule has 0 aromatic rings. The highest BCUT2D eigenvalue weighted by molar-refractivity contribution is 4.88. The molecular formula is C11H21F3N2. The number of nitrogens with one attached hydrogen (secondary N) is 1. The van der Waals surface area contributed by atoms with Crippen molar-refractivity contribution in [3.05, 3.63) is 0 Å². The summed E-state index contributed by atoms with van der Waals surface area (Å²) in [6.45, 7) is 6.32. The summed E-state index contributed by atoms with van der Waals surface area (Å²) in [6.07, 6.45) is -3.22. The fraction of sp³-hybridized carbons (Fsp3) is 1.00. The van der Waals surface area contributed by atoms with Crippen molar-refractivity contribution in [2.24, 2.45) is 5.92 Å². The molecule has 0 aliphatic carbocycles. The molecule has 2 nitrogen and oxygen atoms in total. The first-order valence-electron chi connectivity index (χ1n) is 5.87. The SMILES string of the molecule is CCC1CN(CC(F)(F)F)C(C(C)C)CN1. The Kier molecular flexibility index (Phi) is 4.62. The van der Waals surface area contributed by atoms with Gasteiger partial charge in [-0.15, -0.1) is 0 Å². The highest BCUT2D eigenvalue weighted by atomic mass is 19.4. The van der Waals surface area contributed by atoms with Crippen molar-refractivity contribution in [2.45, 2.75) is 45.5 Å². The van der Waals surface area contributed by atoms with Gasteiger partial charge >= 0.3 is 6.18 Å². The van der Waals surface area contributed by atoms with Gasteiger partial charge in [0.05, 0.1) is 6.54 Å². The van der Waals surface area contributed by atoms with Crippen molar-refractivity contribution in [1.82, 2.24) is 10.2 Å². The summed E-state index contributed by atoms with van der Waals surface area (Å²) in [5.41, 5.74) is 0. The van der Waals surface area contributed by atoms with E-state index in [-0.39, 0.29) is 18.0 Å². The van der Waals surface area contributed by atoms with Crippen LogP contribution in [0.3, 0.4) is 0 Å². The highest BCUT2D eigenvalue weighted by Crippen LogP contribution is 2.23. The molecule has 2 atom stereocenters. The number of piperazine rings is 1. The molecule has 1 aliphatic rings. The number of alkyl halides is 3. The topological polar surface area (TPSA) is 15.3 Å². The van der Waals surface area contributed by atoms with Gasteiger partial charge in [0.2, 0.25) is 0 Å². The summed E-state index contributed by atoms with van der Waals surface area (Å²) in [5.74, 6) is 0.243. The molecule has 0 spiro atoms. The largest absolute Gasteiger partial charge is 0.401 e. The van der Waals surface area contributed by atoms with Crippen molar-refractivity contribution in [3.8, 4) is 0 Å². The first kappa shape index (κ1) is 13.8. The maximum atomic E-state index is 12.4. The van der Waals surface area contributed by atoms with Crippen LogP contribution in [0, 0.1) is 5.92 Å². The van der Waals surface area contributed by atoms with Crippen LogP contribution in [0.15, 0.2) is 0 Å². The molecule has 96 valence electrons. The molecule has 0 radical (unpaired) electrons. The molecule has 0 bridgehead atoms. The first-order chi connectivity index (χ1) is 7.33. The lowest BCUT2D eigenvalue weighted by molar-refractivity contribution is -0.156. The standard InChI is InChI=1S/C11H21F3N2/c1-4-9-6-16(7-11(12,13)14)10(5-15-9)8(2)3/h8-10,15H,4-7H2,1-3H3. The normalized spacial score (nSPS) is 28.7. The molecule has 0 amide bonds. The summed E-state index contributed by atoms with van der Waals surface area (Å²) >= 11 is 0. The van der Waals surface area contributed by atoms with E-state index in [0.29, 0.717) is 13.1 Å². The maximum absolute atomic E-state index is 12.4. The molecule has 0 aromatic heterocycles. The van der Waals surface area contributed by atoms with E-state index in [0.717, 1.165) is 6.42 Å². The van der Waals surface area contributed by atoms with Gasteiger partial charge in [0.25, 0.3) is 0 Å². The van der Waals surface area contributed by atoms with Gasteiger partial charge in [-0.1, -0.05) is 20.8 Å². The van der Waals surface area contributed by atoms with Crippen LogP contribution in [-0.2, 0) is 0 Å². The lowest BCUT2D eigenvalue weighted by Gasteiger charge is -2.42. The third-order valence-electron chi connectivity index (χ3n) is 3.18. The van der Waals surface area contributed by atoms with Gasteiger partial charge in [0.15, 0.2) is 0 Å². The minimum atomic E-state index is -4.09. The minimum Gasteiger partial charge on any atom is -0.311 e. The van der Waals surface area contributed by atoms with Gasteiger partial charge in [-0.05, 0) is 12.3 Å². The lowest BCUT2D eigenvalue weighted by atomic mass is 9.97. The fourth-order valence-corrected chi connectivity index (χ4v) is 2.24. The highest BCUT2D eigenvalue weighted by Gasteiger charge is 2.37. The fourth-order valence-electron chi connectivity index (χ4n) is 2.24. The van der Waals surface area contributed by atoms with Gasteiger partial charge in [-0.2, -0.15) is 13.2 Å². The number of hydrogen-bond acceptors (Lipinski definition) is 2. The average Bonchev–Trinajstić information content (AvgIpc) is 2.14. The second-order valence-corrected chi connectivity index (χ2v) is 4.87. The zero-order chi connectivity index (χ0) is 12.3. The van der Waals surface area contributed by atoms with E-state index in [1.165, 1.54) is 0 Å². The van der Waals surface area contributed by atoms with E-state index >= 15 is 0 Å². The van der Waals surface area contributed by atoms with Crippen LogP contribution in [0.4, 0.5) is 13.2 Å². The molecular weight excluding hydrogens is 217 g/mol. The molecule has 2 unspecified atom stereocenters. The second kappa shape index (κ2) is 5.36. The molecule has 0 aromatic carbocycles. The third-order valence-corrected chi connectivity index (χ3v) is 3.18. The molecule has 16 heavy (non-hydrogen) atoms. The van der Waals surface area contributed by atoms with Crippen molar-refractivity contribution in [1.29, 1.82) is 0 Å². The number of rotatable bonds is 3. The van der Waals surface area contributed by atoms with Crippen molar-refractivity contribution < 1.29 is 13.2 Å². The van der Waals surface area contributed by atoms with Crippen LogP contribution >= 0.6 is 0 Å². The monoisotopic (exact) mass is 238 g/mol. The van der Waals surface area contributed by atoms with E-state index in [4.69, 9.17) is 0 Å². The zero-order valence-corrected chi connectivity index (χ0v) is 10.1. The minimum absolute atomic E-state index is 0.00979. The molecule has 1 aliphatic heterocycles. The van der Waals surface area contributed by atoms with Gasteiger partial charge in [-0.3, -0.25) is 4.90 Å². The predicted octanol–water partition coefficient (Wildman–Crippen LogP) is 2.26. The van der Waals surface area contributed by atoms with Crippen molar-refractivity contribution >= 4 is 0 Å². The Morgan fingerprint density at radius 1 is 1.38 bits per heavy atom. The van der Waals surface area contributed by atoms with Gasteiger partial charge < -0.3 is 5.32 Å². The van der Waals surface area contributed by atoms with Crippen LogP contribution < -0.4 is 5.32 Å². The Morgan fingerprint density at radius 3 is 2.44 bits per heavy atom. The van der Waals surface area contributed by atoms with E-state index in [1.807, 2.05) is 20.8 Å². The Morgan fingerprint density at radius 2 is 2.00 bits per heavy atom. The second-order valence-electron chi connectivity index (χ2n) is 4.87. The number of halogens is 3. The summed E-state index contributed by atoms with van der Waals surface area (Å²) in [7, 11) is 0. The maximum Gasteiger partial charge on any atom is 0.401 e. The Bertz CT molecular complexity index is 216. The van der Waals surface area contributed by atoms with Gasteiger partial charge in [-0.25, -0.2) is 0 Å². The van der Waals surface area contributed by atoms with Crippen LogP contribution in [0.1, 0.15) is 27.2 Å². The summed E-state index contributed by atoms with van der Waals surface area (Å²) in [6, 6.07) is 0.182. The molecule has 1 fully saturated rings. The molecule has 1 heterocycles. The molecule has 0 saturated carbocycles. The number of nitrogens with zero attached hydrogens (tertiary/aromatic N) is 1. The van der Waals surface area contributed by atoms with Gasteiger partial charge in [0, 0.05) is 25.2 Å². The Labute approximate surface area is 95.2 Å². The van der Waals surface area contributed by atoms with E-state index in [9.17, 15) is 13.2 Å². The molecule has 5 heteroatoms. The molecule has 1 saturated heterocycles. The van der Waals surface area contributed by atoms with E-state index in [2.05, 4.69) is 5.32 Å². The predicted molar refractivity (Wildman–Crippen MR) is 58.3 cm³/mol.